The van der Waals surface area contributed by atoms with Crippen molar-refractivity contribution in [1.82, 2.24) is 14.8 Å². The summed E-state index contributed by atoms with van der Waals surface area (Å²) >= 11 is 9.06. The van der Waals surface area contributed by atoms with E-state index in [4.69, 9.17) is 21.1 Å². The Morgan fingerprint density at radius 3 is 2.79 bits per heavy atom. The number of hydrogen-bond donors (Lipinski definition) is 0. The molecule has 0 fully saturated rings. The van der Waals surface area contributed by atoms with E-state index in [0.29, 0.717) is 55.4 Å². The number of rotatable bonds is 10. The van der Waals surface area contributed by atoms with Gasteiger partial charge in [-0.25, -0.2) is 9.18 Å². The number of thiophene rings is 1. The number of halogens is 2. The van der Waals surface area contributed by atoms with Crippen LogP contribution >= 0.6 is 34.7 Å². The van der Waals surface area contributed by atoms with Gasteiger partial charge in [-0.2, -0.15) is 0 Å². The van der Waals surface area contributed by atoms with Crippen molar-refractivity contribution in [2.45, 2.75) is 30.8 Å². The molecule has 6 nitrogen and oxygen atoms in total. The van der Waals surface area contributed by atoms with E-state index in [0.717, 1.165) is 12.0 Å². The van der Waals surface area contributed by atoms with Gasteiger partial charge in [0.25, 0.3) is 0 Å². The second-order valence-corrected chi connectivity index (χ2v) is 9.72. The van der Waals surface area contributed by atoms with Gasteiger partial charge in [-0.1, -0.05) is 41.6 Å². The van der Waals surface area contributed by atoms with Gasteiger partial charge in [-0.05, 0) is 43.2 Å². The van der Waals surface area contributed by atoms with Crippen molar-refractivity contribution in [2.75, 3.05) is 20.3 Å². The van der Waals surface area contributed by atoms with Gasteiger partial charge in [0.1, 0.15) is 10.7 Å². The van der Waals surface area contributed by atoms with Crippen molar-refractivity contribution >= 4 is 50.8 Å². The summed E-state index contributed by atoms with van der Waals surface area (Å²) in [5.41, 5.74) is 1.38. The number of benzene rings is 2. The van der Waals surface area contributed by atoms with Crippen molar-refractivity contribution in [3.05, 3.63) is 63.7 Å². The van der Waals surface area contributed by atoms with Gasteiger partial charge in [0.15, 0.2) is 11.0 Å². The maximum atomic E-state index is 14.8. The number of thioether (sulfide) groups is 1. The van der Waals surface area contributed by atoms with Crippen LogP contribution in [0.5, 0.6) is 0 Å². The molecule has 2 aromatic carbocycles. The maximum absolute atomic E-state index is 14.8. The molecule has 0 spiro atoms. The summed E-state index contributed by atoms with van der Waals surface area (Å²) in [5, 5.41) is 10.5. The van der Waals surface area contributed by atoms with Crippen LogP contribution in [-0.4, -0.2) is 41.1 Å². The first-order valence-electron chi connectivity index (χ1n) is 10.7. The van der Waals surface area contributed by atoms with E-state index in [-0.39, 0.29) is 12.4 Å². The smallest absolute Gasteiger partial charge is 0.348 e. The van der Waals surface area contributed by atoms with E-state index in [1.807, 2.05) is 34.9 Å². The molecule has 0 unspecified atom stereocenters. The number of methoxy groups -OCH3 is 1. The number of fused-ring (bicyclic) bond motifs is 1. The SMILES string of the molecule is CCOC(=O)c1sc2cccc(F)c2c1CSc1nnc(-c2ccccc2Cl)n1CCCOC. The first-order valence-corrected chi connectivity index (χ1v) is 12.9. The third-order valence-electron chi connectivity index (χ3n) is 5.13. The summed E-state index contributed by atoms with van der Waals surface area (Å²) in [4.78, 5) is 13.0. The zero-order valence-corrected chi connectivity index (χ0v) is 21.1. The molecule has 0 bridgehead atoms. The molecule has 178 valence electrons. The largest absolute Gasteiger partial charge is 0.462 e. The first kappa shape index (κ1) is 24.7. The van der Waals surface area contributed by atoms with Gasteiger partial charge in [0.2, 0.25) is 0 Å². The number of esters is 1. The zero-order valence-electron chi connectivity index (χ0n) is 18.7. The standard InChI is InChI=1S/C24H23ClFN3O3S2/c1-3-32-23(30)21-16(20-18(26)10-6-11-19(20)34-21)14-33-24-28-27-22(29(24)12-7-13-31-2)15-8-4-5-9-17(15)25/h4-6,8-11H,3,7,12-14H2,1-2H3. The van der Waals surface area contributed by atoms with Crippen molar-refractivity contribution in [3.8, 4) is 11.4 Å². The van der Waals surface area contributed by atoms with E-state index in [1.54, 1.807) is 20.1 Å². The Morgan fingerprint density at radius 2 is 2.03 bits per heavy atom. The molecule has 0 amide bonds. The monoisotopic (exact) mass is 519 g/mol. The van der Waals surface area contributed by atoms with E-state index < -0.39 is 5.97 Å². The van der Waals surface area contributed by atoms with Crippen molar-refractivity contribution in [3.63, 3.8) is 0 Å². The molecule has 0 N–H and O–H groups in total. The van der Waals surface area contributed by atoms with Crippen LogP contribution in [0.1, 0.15) is 28.6 Å². The van der Waals surface area contributed by atoms with Crippen molar-refractivity contribution < 1.29 is 18.7 Å². The average Bonchev–Trinajstić information content (AvgIpc) is 3.40. The molecule has 0 saturated heterocycles. The van der Waals surface area contributed by atoms with E-state index in [1.165, 1.54) is 29.2 Å². The fourth-order valence-electron chi connectivity index (χ4n) is 3.61. The minimum atomic E-state index is -0.447. The van der Waals surface area contributed by atoms with Gasteiger partial charge >= 0.3 is 5.97 Å². The van der Waals surface area contributed by atoms with Crippen molar-refractivity contribution in [2.24, 2.45) is 0 Å². The highest BCUT2D eigenvalue weighted by atomic mass is 35.5. The highest BCUT2D eigenvalue weighted by Gasteiger charge is 2.23. The average molecular weight is 520 g/mol. The molecule has 0 radical (unpaired) electrons. The number of ether oxygens (including phenoxy) is 2. The molecule has 0 saturated carbocycles. The summed E-state index contributed by atoms with van der Waals surface area (Å²) in [6.07, 6.45) is 0.754. The van der Waals surface area contributed by atoms with Crippen LogP contribution in [0, 0.1) is 5.82 Å². The van der Waals surface area contributed by atoms with Gasteiger partial charge in [-0.3, -0.25) is 0 Å². The van der Waals surface area contributed by atoms with Gasteiger partial charge < -0.3 is 14.0 Å². The van der Waals surface area contributed by atoms with Crippen LogP contribution in [0.15, 0.2) is 47.6 Å². The van der Waals surface area contributed by atoms with Crippen LogP contribution in [0.3, 0.4) is 0 Å². The number of carbonyl (C=O) groups is 1. The molecule has 10 heteroatoms. The Kier molecular flexibility index (Phi) is 8.20. The van der Waals surface area contributed by atoms with E-state index in [2.05, 4.69) is 10.2 Å². The van der Waals surface area contributed by atoms with Crippen LogP contribution < -0.4 is 0 Å². The van der Waals surface area contributed by atoms with E-state index in [9.17, 15) is 9.18 Å². The molecule has 0 aliphatic carbocycles. The Labute approximate surface area is 210 Å². The number of carbonyl (C=O) groups excluding carboxylic acids is 1. The molecular weight excluding hydrogens is 497 g/mol. The molecule has 2 aromatic heterocycles. The van der Waals surface area contributed by atoms with Crippen molar-refractivity contribution in [1.29, 1.82) is 0 Å². The quantitative estimate of drug-likeness (QED) is 0.136. The van der Waals surface area contributed by atoms with E-state index >= 15 is 0 Å². The number of hydrogen-bond acceptors (Lipinski definition) is 7. The molecule has 0 aliphatic heterocycles. The maximum Gasteiger partial charge on any atom is 0.348 e. The first-order chi connectivity index (χ1) is 16.5. The zero-order chi connectivity index (χ0) is 24.1. The summed E-state index contributed by atoms with van der Waals surface area (Å²) in [5.74, 6) is 0.173. The molecule has 34 heavy (non-hydrogen) atoms. The second-order valence-electron chi connectivity index (χ2n) is 7.32. The Hall–Kier alpha value is -2.46. The van der Waals surface area contributed by atoms with Gasteiger partial charge in [-0.15, -0.1) is 21.5 Å². The Balaban J connectivity index is 1.71. The lowest BCUT2D eigenvalue weighted by molar-refractivity contribution is 0.0531. The highest BCUT2D eigenvalue weighted by Crippen LogP contribution is 2.38. The predicted molar refractivity (Wildman–Crippen MR) is 134 cm³/mol. The molecule has 2 heterocycles. The third-order valence-corrected chi connectivity index (χ3v) is 7.63. The normalized spacial score (nSPS) is 11.3. The Bertz CT molecular complexity index is 1310. The minimum Gasteiger partial charge on any atom is -0.462 e. The minimum absolute atomic E-state index is 0.247. The van der Waals surface area contributed by atoms with Crippen LogP contribution in [0.4, 0.5) is 4.39 Å². The highest BCUT2D eigenvalue weighted by molar-refractivity contribution is 7.98. The number of aromatic nitrogens is 3. The molecular formula is C24H23ClFN3O3S2. The second kappa shape index (κ2) is 11.3. The van der Waals surface area contributed by atoms with Crippen LogP contribution in [0.25, 0.3) is 21.5 Å². The molecule has 0 atom stereocenters. The third kappa shape index (κ3) is 5.12. The predicted octanol–water partition coefficient (Wildman–Crippen LogP) is 6.46. The van der Waals surface area contributed by atoms with Crippen LogP contribution in [-0.2, 0) is 21.8 Å². The lowest BCUT2D eigenvalue weighted by Crippen LogP contribution is -2.07. The molecule has 0 aliphatic rings. The van der Waals surface area contributed by atoms with Gasteiger partial charge in [0, 0.05) is 41.7 Å². The summed E-state index contributed by atoms with van der Waals surface area (Å²) < 4.78 is 27.9. The lowest BCUT2D eigenvalue weighted by atomic mass is 10.1. The molecule has 4 aromatic rings. The fraction of sp³-hybridized carbons (Fsp3) is 0.292. The van der Waals surface area contributed by atoms with Crippen LogP contribution in [0.2, 0.25) is 5.02 Å². The molecule has 4 rings (SSSR count). The summed E-state index contributed by atoms with van der Waals surface area (Å²) in [7, 11) is 1.66. The topological polar surface area (TPSA) is 66.2 Å². The summed E-state index contributed by atoms with van der Waals surface area (Å²) in [6, 6.07) is 12.3. The Morgan fingerprint density at radius 1 is 1.21 bits per heavy atom. The summed E-state index contributed by atoms with van der Waals surface area (Å²) in [6.45, 7) is 3.20. The lowest BCUT2D eigenvalue weighted by Gasteiger charge is -2.11. The number of nitrogens with zero attached hydrogens (tertiary/aromatic N) is 3. The van der Waals surface area contributed by atoms with Gasteiger partial charge in [0.05, 0.1) is 11.6 Å². The fourth-order valence-corrected chi connectivity index (χ4v) is 6.04.